The van der Waals surface area contributed by atoms with Gasteiger partial charge in [-0.2, -0.15) is 0 Å². The second-order valence-corrected chi connectivity index (χ2v) is 7.07. The van der Waals surface area contributed by atoms with Crippen molar-refractivity contribution in [3.63, 3.8) is 0 Å². The normalized spacial score (nSPS) is 24.0. The van der Waals surface area contributed by atoms with E-state index in [1.165, 1.54) is 0 Å². The summed E-state index contributed by atoms with van der Waals surface area (Å²) in [7, 11) is 0. The van der Waals surface area contributed by atoms with E-state index in [-0.39, 0.29) is 18.1 Å². The number of ether oxygens (including phenoxy) is 1. The molecule has 0 aromatic heterocycles. The molecule has 1 amide bonds. The van der Waals surface area contributed by atoms with Gasteiger partial charge in [-0.1, -0.05) is 48.5 Å². The third kappa shape index (κ3) is 3.75. The zero-order valence-corrected chi connectivity index (χ0v) is 15.0. The van der Waals surface area contributed by atoms with Gasteiger partial charge in [0, 0.05) is 12.8 Å². The predicted octanol–water partition coefficient (Wildman–Crippen LogP) is 4.46. The van der Waals surface area contributed by atoms with Crippen LogP contribution in [0.15, 0.2) is 54.6 Å². The molecule has 26 heavy (non-hydrogen) atoms. The average Bonchev–Trinajstić information content (AvgIpc) is 3.11. The van der Waals surface area contributed by atoms with Crippen LogP contribution in [0.1, 0.15) is 49.3 Å². The smallest absolute Gasteiger partial charge is 0.246 e. The van der Waals surface area contributed by atoms with E-state index in [2.05, 4.69) is 12.1 Å². The Hall–Kier alpha value is -2.33. The van der Waals surface area contributed by atoms with Gasteiger partial charge in [-0.3, -0.25) is 9.63 Å². The van der Waals surface area contributed by atoms with Crippen LogP contribution in [0.25, 0.3) is 0 Å². The molecular weight excluding hydrogens is 326 g/mol. The van der Waals surface area contributed by atoms with E-state index in [1.807, 2.05) is 42.5 Å². The highest BCUT2D eigenvalue weighted by Gasteiger charge is 2.37. The van der Waals surface area contributed by atoms with Crippen LogP contribution in [0, 0.1) is 0 Å². The first kappa shape index (κ1) is 17.1. The lowest BCUT2D eigenvalue weighted by Crippen LogP contribution is -2.34. The third-order valence-corrected chi connectivity index (χ3v) is 5.25. The summed E-state index contributed by atoms with van der Waals surface area (Å²) in [6.45, 7) is 0.723. The fourth-order valence-corrected chi connectivity index (χ4v) is 3.84. The highest BCUT2D eigenvalue weighted by Crippen LogP contribution is 2.36. The lowest BCUT2D eigenvalue weighted by Gasteiger charge is -2.24. The van der Waals surface area contributed by atoms with E-state index in [0.29, 0.717) is 12.8 Å². The predicted molar refractivity (Wildman–Crippen MR) is 99.6 cm³/mol. The first-order chi connectivity index (χ1) is 12.8. The van der Waals surface area contributed by atoms with Crippen LogP contribution in [0.2, 0.25) is 0 Å². The fraction of sp³-hybridized carbons (Fsp3) is 0.409. The van der Waals surface area contributed by atoms with E-state index < -0.39 is 0 Å². The summed E-state index contributed by atoms with van der Waals surface area (Å²) in [6.07, 6.45) is 4.94. The van der Waals surface area contributed by atoms with Crippen molar-refractivity contribution in [1.29, 1.82) is 0 Å². The summed E-state index contributed by atoms with van der Waals surface area (Å²) >= 11 is 0. The third-order valence-electron chi connectivity index (χ3n) is 5.25. The number of rotatable bonds is 1. The van der Waals surface area contributed by atoms with E-state index in [0.717, 1.165) is 49.2 Å². The maximum atomic E-state index is 12.9. The van der Waals surface area contributed by atoms with Gasteiger partial charge in [-0.15, -0.1) is 0 Å². The Morgan fingerprint density at radius 1 is 0.923 bits per heavy atom. The lowest BCUT2D eigenvalue weighted by molar-refractivity contribution is -0.189. The largest absolute Gasteiger partial charge is 0.493 e. The van der Waals surface area contributed by atoms with Crippen LogP contribution >= 0.6 is 0 Å². The number of carbonyl (C=O) groups excluding carboxylic acids is 1. The molecule has 4 nitrogen and oxygen atoms in total. The minimum Gasteiger partial charge on any atom is -0.493 e. The first-order valence-corrected chi connectivity index (χ1v) is 9.56. The van der Waals surface area contributed by atoms with Crippen LogP contribution in [0.5, 0.6) is 5.75 Å². The van der Waals surface area contributed by atoms with E-state index >= 15 is 0 Å². The Bertz CT molecular complexity index is 746. The molecule has 2 atom stereocenters. The number of fused-ring (bicyclic) bond motifs is 2. The van der Waals surface area contributed by atoms with Gasteiger partial charge < -0.3 is 4.74 Å². The number of aryl methyl sites for hydroxylation is 1. The molecule has 2 heterocycles. The Kier molecular flexibility index (Phi) is 5.21. The summed E-state index contributed by atoms with van der Waals surface area (Å²) in [6, 6.07) is 18.4. The quantitative estimate of drug-likeness (QED) is 0.762. The van der Waals surface area contributed by atoms with Crippen LogP contribution in [-0.2, 0) is 16.1 Å². The standard InChI is InChI=1S/C22H25NO3/c24-22-14-13-18-10-4-5-12-20(18)25-15-7-6-11-19-16-21(26-23(19)22)17-8-2-1-3-9-17/h1-5,8-10,12,19,21H,6-7,11,13-16H2/t19-,21+/m1/s1. The molecule has 0 N–H and O–H groups in total. The summed E-state index contributed by atoms with van der Waals surface area (Å²) in [5, 5.41) is 1.67. The van der Waals surface area contributed by atoms with Gasteiger partial charge in [0.25, 0.3) is 0 Å². The van der Waals surface area contributed by atoms with Gasteiger partial charge in [0.15, 0.2) is 0 Å². The Morgan fingerprint density at radius 3 is 2.62 bits per heavy atom. The SMILES string of the molecule is O=C1CCc2ccccc2OCCCC[C@@H]2C[C@@H](c3ccccc3)ON12. The van der Waals surface area contributed by atoms with Gasteiger partial charge in [0.05, 0.1) is 12.6 Å². The zero-order chi connectivity index (χ0) is 17.8. The van der Waals surface area contributed by atoms with Gasteiger partial charge in [-0.25, -0.2) is 5.06 Å². The number of amides is 1. The van der Waals surface area contributed by atoms with Crippen LogP contribution in [0.3, 0.4) is 0 Å². The van der Waals surface area contributed by atoms with Crippen molar-refractivity contribution >= 4 is 5.91 Å². The van der Waals surface area contributed by atoms with Crippen LogP contribution in [0.4, 0.5) is 0 Å². The molecular formula is C22H25NO3. The highest BCUT2D eigenvalue weighted by atomic mass is 16.7. The Balaban J connectivity index is 1.52. The Labute approximate surface area is 154 Å². The number of hydroxylamine groups is 2. The summed E-state index contributed by atoms with van der Waals surface area (Å²) in [5.74, 6) is 0.978. The minimum absolute atomic E-state index is 0.0289. The monoisotopic (exact) mass is 351 g/mol. The van der Waals surface area contributed by atoms with Gasteiger partial charge in [0.1, 0.15) is 11.9 Å². The second-order valence-electron chi connectivity index (χ2n) is 7.07. The molecule has 4 rings (SSSR count). The van der Waals surface area contributed by atoms with Crippen molar-refractivity contribution in [3.8, 4) is 5.75 Å². The van der Waals surface area contributed by atoms with Crippen molar-refractivity contribution in [2.24, 2.45) is 0 Å². The van der Waals surface area contributed by atoms with E-state index in [1.54, 1.807) is 5.06 Å². The number of nitrogens with zero attached hydrogens (tertiary/aromatic N) is 1. The maximum absolute atomic E-state index is 12.9. The second kappa shape index (κ2) is 7.92. The lowest BCUT2D eigenvalue weighted by atomic mass is 9.99. The zero-order valence-electron chi connectivity index (χ0n) is 15.0. The molecule has 0 bridgehead atoms. The van der Waals surface area contributed by atoms with Crippen molar-refractivity contribution in [3.05, 3.63) is 65.7 Å². The fourth-order valence-electron chi connectivity index (χ4n) is 3.84. The molecule has 2 aromatic carbocycles. The molecule has 2 aliphatic heterocycles. The molecule has 0 radical (unpaired) electrons. The molecule has 0 aliphatic carbocycles. The number of para-hydroxylation sites is 1. The minimum atomic E-state index is -0.0289. The Morgan fingerprint density at radius 2 is 1.73 bits per heavy atom. The first-order valence-electron chi connectivity index (χ1n) is 9.56. The molecule has 0 spiro atoms. The van der Waals surface area contributed by atoms with E-state index in [9.17, 15) is 4.79 Å². The average molecular weight is 351 g/mol. The maximum Gasteiger partial charge on any atom is 0.246 e. The summed E-state index contributed by atoms with van der Waals surface area (Å²) < 4.78 is 5.94. The molecule has 136 valence electrons. The van der Waals surface area contributed by atoms with Gasteiger partial charge in [0.2, 0.25) is 5.91 Å². The molecule has 4 heteroatoms. The molecule has 0 unspecified atom stereocenters. The van der Waals surface area contributed by atoms with Crippen molar-refractivity contribution < 1.29 is 14.4 Å². The summed E-state index contributed by atoms with van der Waals surface area (Å²) in [4.78, 5) is 19.0. The van der Waals surface area contributed by atoms with E-state index in [4.69, 9.17) is 9.57 Å². The van der Waals surface area contributed by atoms with Crippen molar-refractivity contribution in [1.82, 2.24) is 5.06 Å². The topological polar surface area (TPSA) is 38.8 Å². The van der Waals surface area contributed by atoms with Crippen LogP contribution < -0.4 is 4.74 Å². The highest BCUT2D eigenvalue weighted by molar-refractivity contribution is 5.76. The molecule has 1 fully saturated rings. The summed E-state index contributed by atoms with van der Waals surface area (Å²) in [5.41, 5.74) is 2.24. The number of hydrogen-bond donors (Lipinski definition) is 0. The van der Waals surface area contributed by atoms with Gasteiger partial charge >= 0.3 is 0 Å². The molecule has 2 aliphatic rings. The molecule has 1 saturated heterocycles. The van der Waals surface area contributed by atoms with Crippen LogP contribution in [-0.4, -0.2) is 23.6 Å². The van der Waals surface area contributed by atoms with Gasteiger partial charge in [-0.05, 0) is 42.9 Å². The number of hydrogen-bond acceptors (Lipinski definition) is 3. The van der Waals surface area contributed by atoms with Crippen molar-refractivity contribution in [2.75, 3.05) is 6.61 Å². The van der Waals surface area contributed by atoms with Crippen molar-refractivity contribution in [2.45, 2.75) is 50.7 Å². The molecule has 2 aromatic rings. The number of benzene rings is 2. The number of carbonyl (C=O) groups is 1. The molecule has 0 saturated carbocycles.